The highest BCUT2D eigenvalue weighted by Crippen LogP contribution is 2.43. The van der Waals surface area contributed by atoms with Gasteiger partial charge in [-0.1, -0.05) is 55.0 Å². The van der Waals surface area contributed by atoms with Crippen molar-refractivity contribution in [3.05, 3.63) is 64.7 Å². The molecule has 2 aromatic carbocycles. The fourth-order valence-electron chi connectivity index (χ4n) is 4.02. The maximum absolute atomic E-state index is 9.93. The van der Waals surface area contributed by atoms with Gasteiger partial charge in [0.15, 0.2) is 0 Å². The second-order valence-electron chi connectivity index (χ2n) is 6.44. The molecule has 0 fully saturated rings. The minimum absolute atomic E-state index is 0.312. The number of rotatable bonds is 0. The van der Waals surface area contributed by atoms with E-state index in [1.54, 1.807) is 0 Å². The zero-order valence-corrected chi connectivity index (χ0v) is 12.6. The minimum atomic E-state index is -0.312. The summed E-state index contributed by atoms with van der Waals surface area (Å²) in [5.74, 6) is 0.511. The van der Waals surface area contributed by atoms with Gasteiger partial charge in [-0.2, -0.15) is 0 Å². The Morgan fingerprint density at radius 1 is 1.14 bits per heavy atom. The van der Waals surface area contributed by atoms with Crippen molar-refractivity contribution in [2.75, 3.05) is 0 Å². The Labute approximate surface area is 125 Å². The predicted octanol–water partition coefficient (Wildman–Crippen LogP) is 4.41. The highest BCUT2D eigenvalue weighted by molar-refractivity contribution is 5.95. The van der Waals surface area contributed by atoms with Crippen molar-refractivity contribution >= 4 is 16.3 Å². The van der Waals surface area contributed by atoms with Crippen molar-refractivity contribution < 1.29 is 5.11 Å². The van der Waals surface area contributed by atoms with Gasteiger partial charge in [0, 0.05) is 0 Å². The lowest BCUT2D eigenvalue weighted by molar-refractivity contribution is 0.218. The maximum atomic E-state index is 9.93. The van der Waals surface area contributed by atoms with Crippen molar-refractivity contribution in [1.82, 2.24) is 0 Å². The van der Waals surface area contributed by atoms with Crippen molar-refractivity contribution in [3.63, 3.8) is 0 Å². The topological polar surface area (TPSA) is 20.2 Å². The summed E-state index contributed by atoms with van der Waals surface area (Å²) in [4.78, 5) is 0. The summed E-state index contributed by atoms with van der Waals surface area (Å²) in [7, 11) is 0. The SMILES string of the molecule is Cc1cc2ccccc2c2c1C1=C(CC(O)C=C1)C(C)C2. The standard InChI is InChI=1S/C20H20O/c1-12-10-19-16-6-4-3-5-14(16)9-13(2)20(19)17-8-7-15(21)11-18(12)17/h3-9,12,15,21H,10-11H2,1-2H3. The number of hydrogen-bond donors (Lipinski definition) is 1. The van der Waals surface area contributed by atoms with Gasteiger partial charge in [0.25, 0.3) is 0 Å². The number of hydrogen-bond acceptors (Lipinski definition) is 1. The van der Waals surface area contributed by atoms with Gasteiger partial charge in [-0.3, -0.25) is 0 Å². The van der Waals surface area contributed by atoms with Crippen molar-refractivity contribution in [1.29, 1.82) is 0 Å². The van der Waals surface area contributed by atoms with E-state index in [0.29, 0.717) is 5.92 Å². The third-order valence-electron chi connectivity index (χ3n) is 4.99. The maximum Gasteiger partial charge on any atom is 0.0761 e. The average molecular weight is 276 g/mol. The molecule has 1 nitrogen and oxygen atoms in total. The number of fused-ring (bicyclic) bond motifs is 4. The van der Waals surface area contributed by atoms with Crippen LogP contribution in [0.25, 0.3) is 16.3 Å². The van der Waals surface area contributed by atoms with Crippen LogP contribution >= 0.6 is 0 Å². The third-order valence-corrected chi connectivity index (χ3v) is 4.99. The molecule has 0 saturated carbocycles. The van der Waals surface area contributed by atoms with Crippen molar-refractivity contribution in [2.45, 2.75) is 32.8 Å². The summed E-state index contributed by atoms with van der Waals surface area (Å²) in [6, 6.07) is 11.0. The summed E-state index contributed by atoms with van der Waals surface area (Å²) >= 11 is 0. The molecule has 0 saturated heterocycles. The Bertz CT molecular complexity index is 795. The van der Waals surface area contributed by atoms with E-state index in [9.17, 15) is 5.11 Å². The second-order valence-corrected chi connectivity index (χ2v) is 6.44. The summed E-state index contributed by atoms with van der Waals surface area (Å²) < 4.78 is 0. The average Bonchev–Trinajstić information content (AvgIpc) is 2.47. The first kappa shape index (κ1) is 12.8. The molecule has 0 heterocycles. The van der Waals surface area contributed by atoms with Gasteiger partial charge >= 0.3 is 0 Å². The summed E-state index contributed by atoms with van der Waals surface area (Å²) in [6.07, 6.45) is 5.64. The molecule has 0 amide bonds. The van der Waals surface area contributed by atoms with Crippen LogP contribution in [0.1, 0.15) is 30.0 Å². The molecule has 106 valence electrons. The molecule has 2 unspecified atom stereocenters. The fraction of sp³-hybridized carbons (Fsp3) is 0.300. The van der Waals surface area contributed by atoms with Crippen LogP contribution in [0, 0.1) is 12.8 Å². The molecule has 2 aliphatic rings. The van der Waals surface area contributed by atoms with E-state index in [4.69, 9.17) is 0 Å². The Morgan fingerprint density at radius 2 is 1.95 bits per heavy atom. The van der Waals surface area contributed by atoms with Gasteiger partial charge in [-0.15, -0.1) is 0 Å². The van der Waals surface area contributed by atoms with Crippen LogP contribution in [-0.2, 0) is 6.42 Å². The Hall–Kier alpha value is -1.86. The van der Waals surface area contributed by atoms with Crippen LogP contribution in [0.4, 0.5) is 0 Å². The van der Waals surface area contributed by atoms with E-state index >= 15 is 0 Å². The largest absolute Gasteiger partial charge is 0.389 e. The molecular formula is C20H20O. The van der Waals surface area contributed by atoms with Gasteiger partial charge in [0.05, 0.1) is 6.10 Å². The first-order valence-corrected chi connectivity index (χ1v) is 7.76. The Morgan fingerprint density at radius 3 is 2.81 bits per heavy atom. The van der Waals surface area contributed by atoms with Gasteiger partial charge in [0.1, 0.15) is 0 Å². The van der Waals surface area contributed by atoms with Gasteiger partial charge < -0.3 is 5.11 Å². The molecule has 2 atom stereocenters. The minimum Gasteiger partial charge on any atom is -0.389 e. The van der Waals surface area contributed by atoms with E-state index in [-0.39, 0.29) is 6.10 Å². The fourth-order valence-corrected chi connectivity index (χ4v) is 4.02. The molecule has 0 bridgehead atoms. The van der Waals surface area contributed by atoms with E-state index < -0.39 is 0 Å². The van der Waals surface area contributed by atoms with Crippen molar-refractivity contribution in [3.8, 4) is 0 Å². The quantitative estimate of drug-likeness (QED) is 0.755. The second kappa shape index (κ2) is 4.57. The van der Waals surface area contributed by atoms with Crippen LogP contribution in [0.3, 0.4) is 0 Å². The Kier molecular flexibility index (Phi) is 2.80. The lowest BCUT2D eigenvalue weighted by atomic mass is 9.73. The molecule has 1 N–H and O–H groups in total. The lowest BCUT2D eigenvalue weighted by Crippen LogP contribution is -2.21. The number of allylic oxidation sites excluding steroid dienone is 2. The number of aryl methyl sites for hydroxylation is 1. The van der Waals surface area contributed by atoms with Gasteiger partial charge in [-0.05, 0) is 58.7 Å². The Balaban J connectivity index is 2.05. The number of aliphatic hydroxyl groups excluding tert-OH is 1. The smallest absolute Gasteiger partial charge is 0.0761 e. The van der Waals surface area contributed by atoms with Crippen LogP contribution in [0.15, 0.2) is 48.1 Å². The molecule has 0 radical (unpaired) electrons. The molecule has 0 spiro atoms. The van der Waals surface area contributed by atoms with Gasteiger partial charge in [0.2, 0.25) is 0 Å². The molecule has 2 aliphatic carbocycles. The summed E-state index contributed by atoms with van der Waals surface area (Å²) in [5.41, 5.74) is 7.03. The first-order valence-electron chi connectivity index (χ1n) is 7.76. The molecule has 4 rings (SSSR count). The summed E-state index contributed by atoms with van der Waals surface area (Å²) in [5, 5.41) is 12.7. The lowest BCUT2D eigenvalue weighted by Gasteiger charge is -2.32. The predicted molar refractivity (Wildman–Crippen MR) is 88.2 cm³/mol. The van der Waals surface area contributed by atoms with Crippen LogP contribution in [0.2, 0.25) is 0 Å². The van der Waals surface area contributed by atoms with Gasteiger partial charge in [-0.25, -0.2) is 0 Å². The zero-order valence-electron chi connectivity index (χ0n) is 12.6. The van der Waals surface area contributed by atoms with E-state index in [0.717, 1.165) is 12.8 Å². The molecular weight excluding hydrogens is 256 g/mol. The number of aliphatic hydroxyl groups is 1. The first-order chi connectivity index (χ1) is 10.1. The van der Waals surface area contributed by atoms with Crippen LogP contribution < -0.4 is 0 Å². The monoisotopic (exact) mass is 276 g/mol. The number of benzene rings is 2. The molecule has 21 heavy (non-hydrogen) atoms. The van der Waals surface area contributed by atoms with Crippen molar-refractivity contribution in [2.24, 2.45) is 5.92 Å². The highest BCUT2D eigenvalue weighted by atomic mass is 16.3. The molecule has 0 aliphatic heterocycles. The van der Waals surface area contributed by atoms with E-state index in [2.05, 4.69) is 50.3 Å². The van der Waals surface area contributed by atoms with Crippen LogP contribution in [-0.4, -0.2) is 11.2 Å². The summed E-state index contributed by atoms with van der Waals surface area (Å²) in [6.45, 7) is 4.51. The van der Waals surface area contributed by atoms with E-state index in [1.807, 2.05) is 6.08 Å². The van der Waals surface area contributed by atoms with E-state index in [1.165, 1.54) is 38.6 Å². The normalized spacial score (nSPS) is 24.1. The van der Waals surface area contributed by atoms with Crippen LogP contribution in [0.5, 0.6) is 0 Å². The highest BCUT2D eigenvalue weighted by Gasteiger charge is 2.28. The third kappa shape index (κ3) is 1.88. The zero-order chi connectivity index (χ0) is 14.6. The molecule has 1 heteroatoms. The molecule has 0 aromatic heterocycles. The molecule has 2 aromatic rings.